The number of carbonyl (C=O) groups excluding carboxylic acids is 2. The van der Waals surface area contributed by atoms with Crippen molar-refractivity contribution in [1.29, 1.82) is 0 Å². The Morgan fingerprint density at radius 2 is 1.72 bits per heavy atom. The average Bonchev–Trinajstić information content (AvgIpc) is 2.72. The van der Waals surface area contributed by atoms with Crippen LogP contribution < -0.4 is 19.5 Å². The summed E-state index contributed by atoms with van der Waals surface area (Å²) in [4.78, 5) is 24.0. The minimum Gasteiger partial charge on any atom is -0.493 e. The van der Waals surface area contributed by atoms with E-state index >= 15 is 0 Å². The zero-order valence-corrected chi connectivity index (χ0v) is 16.4. The minimum atomic E-state index is -0.469. The third-order valence-corrected chi connectivity index (χ3v) is 5.12. The van der Waals surface area contributed by atoms with Crippen LogP contribution in [0.5, 0.6) is 17.2 Å². The Labute approximate surface area is 168 Å². The lowest BCUT2D eigenvalue weighted by Gasteiger charge is -2.28. The van der Waals surface area contributed by atoms with Crippen LogP contribution in [0.4, 0.5) is 5.69 Å². The molecular formula is C23H21NO5. The molecule has 0 spiro atoms. The first-order chi connectivity index (χ1) is 14.0. The van der Waals surface area contributed by atoms with Crippen LogP contribution >= 0.6 is 0 Å². The molecular weight excluding hydrogens is 370 g/mol. The summed E-state index contributed by atoms with van der Waals surface area (Å²) in [5, 5.41) is 5.09. The maximum absolute atomic E-state index is 12.5. The number of esters is 1. The van der Waals surface area contributed by atoms with Gasteiger partial charge in [-0.3, -0.25) is 9.59 Å². The Kier molecular flexibility index (Phi) is 4.84. The fraction of sp³-hybridized carbons (Fsp3) is 0.217. The number of fused-ring (bicyclic) bond motifs is 3. The van der Waals surface area contributed by atoms with Gasteiger partial charge in [-0.2, -0.15) is 0 Å². The molecule has 148 valence electrons. The average molecular weight is 391 g/mol. The number of methoxy groups -OCH3 is 2. The summed E-state index contributed by atoms with van der Waals surface area (Å²) in [6.07, 6.45) is 0.296. The van der Waals surface area contributed by atoms with Gasteiger partial charge in [0.15, 0.2) is 11.5 Å². The summed E-state index contributed by atoms with van der Waals surface area (Å²) >= 11 is 0. The van der Waals surface area contributed by atoms with Crippen molar-refractivity contribution in [2.75, 3.05) is 19.5 Å². The van der Waals surface area contributed by atoms with E-state index in [1.54, 1.807) is 12.1 Å². The fourth-order valence-corrected chi connectivity index (χ4v) is 3.85. The number of amides is 1. The fourth-order valence-electron chi connectivity index (χ4n) is 3.85. The number of ether oxygens (including phenoxy) is 3. The van der Waals surface area contributed by atoms with Crippen molar-refractivity contribution >= 4 is 28.3 Å². The SMILES string of the molecule is COc1cc([C@H]2CC(=O)Nc3c2ccc2ccccc32)cc(OC)c1OC(C)=O. The van der Waals surface area contributed by atoms with E-state index in [0.29, 0.717) is 17.9 Å². The molecule has 0 aliphatic carbocycles. The van der Waals surface area contributed by atoms with Crippen molar-refractivity contribution in [1.82, 2.24) is 0 Å². The lowest BCUT2D eigenvalue weighted by atomic mass is 9.83. The van der Waals surface area contributed by atoms with Crippen LogP contribution in [-0.2, 0) is 9.59 Å². The van der Waals surface area contributed by atoms with Gasteiger partial charge in [0, 0.05) is 24.6 Å². The van der Waals surface area contributed by atoms with Crippen LogP contribution in [0.25, 0.3) is 10.8 Å². The molecule has 0 unspecified atom stereocenters. The summed E-state index contributed by atoms with van der Waals surface area (Å²) < 4.78 is 16.2. The number of benzene rings is 3. The zero-order chi connectivity index (χ0) is 20.5. The second kappa shape index (κ2) is 7.47. The highest BCUT2D eigenvalue weighted by atomic mass is 16.6. The third-order valence-electron chi connectivity index (χ3n) is 5.12. The van der Waals surface area contributed by atoms with Crippen LogP contribution in [0.1, 0.15) is 30.4 Å². The van der Waals surface area contributed by atoms with E-state index in [2.05, 4.69) is 11.4 Å². The largest absolute Gasteiger partial charge is 0.493 e. The number of anilines is 1. The summed E-state index contributed by atoms with van der Waals surface area (Å²) in [6.45, 7) is 1.32. The van der Waals surface area contributed by atoms with Crippen LogP contribution in [-0.4, -0.2) is 26.1 Å². The number of rotatable bonds is 4. The third kappa shape index (κ3) is 3.38. The van der Waals surface area contributed by atoms with Gasteiger partial charge in [-0.1, -0.05) is 36.4 Å². The van der Waals surface area contributed by atoms with E-state index in [1.165, 1.54) is 21.1 Å². The minimum absolute atomic E-state index is 0.0548. The first kappa shape index (κ1) is 18.8. The van der Waals surface area contributed by atoms with Crippen LogP contribution in [0.15, 0.2) is 48.5 Å². The standard InChI is InChI=1S/C23H21NO5/c1-13(25)29-23-19(27-2)10-15(11-20(23)28-3)18-12-21(26)24-22-16-7-5-4-6-14(16)8-9-17(18)22/h4-11,18H,12H2,1-3H3,(H,24,26)/t18-/m1/s1. The van der Waals surface area contributed by atoms with Crippen molar-refractivity contribution in [2.45, 2.75) is 19.3 Å². The number of hydrogen-bond donors (Lipinski definition) is 1. The molecule has 3 aromatic rings. The van der Waals surface area contributed by atoms with E-state index in [4.69, 9.17) is 14.2 Å². The number of hydrogen-bond acceptors (Lipinski definition) is 5. The monoisotopic (exact) mass is 391 g/mol. The molecule has 3 aromatic carbocycles. The highest BCUT2D eigenvalue weighted by Crippen LogP contribution is 2.46. The highest BCUT2D eigenvalue weighted by Gasteiger charge is 2.30. The predicted molar refractivity (Wildman–Crippen MR) is 110 cm³/mol. The highest BCUT2D eigenvalue weighted by molar-refractivity contribution is 6.06. The van der Waals surface area contributed by atoms with Gasteiger partial charge in [0.1, 0.15) is 0 Å². The van der Waals surface area contributed by atoms with Crippen molar-refractivity contribution in [3.05, 3.63) is 59.7 Å². The lowest BCUT2D eigenvalue weighted by molar-refractivity contribution is -0.132. The molecule has 1 aliphatic rings. The summed E-state index contributed by atoms with van der Waals surface area (Å²) in [6, 6.07) is 15.6. The molecule has 29 heavy (non-hydrogen) atoms. The molecule has 1 aliphatic heterocycles. The second-order valence-electron chi connectivity index (χ2n) is 6.90. The van der Waals surface area contributed by atoms with E-state index in [0.717, 1.165) is 27.6 Å². The Morgan fingerprint density at radius 1 is 1.03 bits per heavy atom. The Bertz CT molecular complexity index is 1100. The molecule has 0 bridgehead atoms. The normalized spacial score (nSPS) is 15.4. The van der Waals surface area contributed by atoms with Crippen LogP contribution in [0, 0.1) is 0 Å². The maximum atomic E-state index is 12.5. The number of nitrogens with one attached hydrogen (secondary N) is 1. The summed E-state index contributed by atoms with van der Waals surface area (Å²) in [5.41, 5.74) is 2.69. The molecule has 6 nitrogen and oxygen atoms in total. The first-order valence-electron chi connectivity index (χ1n) is 9.27. The van der Waals surface area contributed by atoms with Crippen LogP contribution in [0.2, 0.25) is 0 Å². The molecule has 0 saturated carbocycles. The van der Waals surface area contributed by atoms with E-state index in [-0.39, 0.29) is 17.6 Å². The molecule has 1 atom stereocenters. The molecule has 4 rings (SSSR count). The molecule has 0 aromatic heterocycles. The smallest absolute Gasteiger partial charge is 0.308 e. The second-order valence-corrected chi connectivity index (χ2v) is 6.90. The van der Waals surface area contributed by atoms with Gasteiger partial charge in [0.25, 0.3) is 0 Å². The Morgan fingerprint density at radius 3 is 2.38 bits per heavy atom. The quantitative estimate of drug-likeness (QED) is 0.531. The van der Waals surface area contributed by atoms with Gasteiger partial charge in [-0.05, 0) is 28.6 Å². The lowest BCUT2D eigenvalue weighted by Crippen LogP contribution is -2.23. The molecule has 0 saturated heterocycles. The molecule has 1 heterocycles. The first-order valence-corrected chi connectivity index (χ1v) is 9.27. The van der Waals surface area contributed by atoms with E-state index in [1.807, 2.05) is 30.3 Å². The van der Waals surface area contributed by atoms with Crippen molar-refractivity contribution in [3.8, 4) is 17.2 Å². The van der Waals surface area contributed by atoms with Gasteiger partial charge < -0.3 is 19.5 Å². The Balaban J connectivity index is 1.89. The van der Waals surface area contributed by atoms with Gasteiger partial charge in [0.2, 0.25) is 11.7 Å². The van der Waals surface area contributed by atoms with Gasteiger partial charge in [-0.25, -0.2) is 0 Å². The molecule has 0 fully saturated rings. The Hall–Kier alpha value is -3.54. The summed E-state index contributed by atoms with van der Waals surface area (Å²) in [7, 11) is 3.00. The van der Waals surface area contributed by atoms with Crippen molar-refractivity contribution in [3.63, 3.8) is 0 Å². The van der Waals surface area contributed by atoms with E-state index < -0.39 is 5.97 Å². The van der Waals surface area contributed by atoms with Crippen molar-refractivity contribution < 1.29 is 23.8 Å². The summed E-state index contributed by atoms with van der Waals surface area (Å²) in [5.74, 6) is 0.276. The zero-order valence-electron chi connectivity index (χ0n) is 16.4. The van der Waals surface area contributed by atoms with Gasteiger partial charge in [0.05, 0.1) is 19.9 Å². The van der Waals surface area contributed by atoms with Gasteiger partial charge in [-0.15, -0.1) is 0 Å². The van der Waals surface area contributed by atoms with Crippen LogP contribution in [0.3, 0.4) is 0 Å². The topological polar surface area (TPSA) is 73.9 Å². The molecule has 1 amide bonds. The number of carbonyl (C=O) groups is 2. The predicted octanol–water partition coefficient (Wildman–Crippen LogP) is 4.26. The maximum Gasteiger partial charge on any atom is 0.308 e. The molecule has 0 radical (unpaired) electrons. The van der Waals surface area contributed by atoms with E-state index in [9.17, 15) is 9.59 Å². The molecule has 1 N–H and O–H groups in total. The molecule has 6 heteroatoms. The van der Waals surface area contributed by atoms with Crippen molar-refractivity contribution in [2.24, 2.45) is 0 Å². The van der Waals surface area contributed by atoms with Gasteiger partial charge >= 0.3 is 5.97 Å².